The first-order valence-electron chi connectivity index (χ1n) is 7.03. The minimum absolute atomic E-state index is 0.0808. The molecule has 2 heterocycles. The molecule has 0 saturated carbocycles. The van der Waals surface area contributed by atoms with Crippen LogP contribution in [0.2, 0.25) is 0 Å². The number of aromatic nitrogens is 2. The lowest BCUT2D eigenvalue weighted by molar-refractivity contribution is 0.156. The van der Waals surface area contributed by atoms with E-state index in [-0.39, 0.29) is 4.73 Å². The lowest BCUT2D eigenvalue weighted by Crippen LogP contribution is -2.37. The molecular formula is C15H17N3O4. The van der Waals surface area contributed by atoms with Crippen molar-refractivity contribution in [2.75, 3.05) is 18.5 Å². The van der Waals surface area contributed by atoms with Crippen LogP contribution in [0.5, 0.6) is 0 Å². The third-order valence-corrected chi connectivity index (χ3v) is 3.86. The van der Waals surface area contributed by atoms with E-state index < -0.39 is 11.2 Å². The summed E-state index contributed by atoms with van der Waals surface area (Å²) in [5, 5.41) is 12.3. The molecule has 7 nitrogen and oxygen atoms in total. The largest absolute Gasteiger partial charge is 0.421 e. The van der Waals surface area contributed by atoms with Crippen LogP contribution in [0.4, 0.5) is 11.5 Å². The zero-order valence-corrected chi connectivity index (χ0v) is 12.2. The van der Waals surface area contributed by atoms with Gasteiger partial charge in [0, 0.05) is 31.3 Å². The van der Waals surface area contributed by atoms with E-state index in [1.807, 2.05) is 24.3 Å². The van der Waals surface area contributed by atoms with Gasteiger partial charge in [-0.05, 0) is 24.1 Å². The number of nitrogens with one attached hydrogen (secondary N) is 1. The van der Waals surface area contributed by atoms with Crippen molar-refractivity contribution in [3.63, 3.8) is 0 Å². The second-order valence-electron chi connectivity index (χ2n) is 5.33. The molecule has 22 heavy (non-hydrogen) atoms. The molecule has 3 rings (SSSR count). The third kappa shape index (κ3) is 2.62. The molecular weight excluding hydrogens is 286 g/mol. The molecule has 0 amide bonds. The minimum atomic E-state index is -0.796. The second-order valence-corrected chi connectivity index (χ2v) is 5.33. The maximum Gasteiger partial charge on any atom is 0.365 e. The third-order valence-electron chi connectivity index (χ3n) is 3.86. The summed E-state index contributed by atoms with van der Waals surface area (Å²) in [6, 6.07) is 8.96. The minimum Gasteiger partial charge on any atom is -0.421 e. The van der Waals surface area contributed by atoms with Gasteiger partial charge in [0.25, 0.3) is 5.56 Å². The van der Waals surface area contributed by atoms with E-state index in [4.69, 9.17) is 4.74 Å². The smallest absolute Gasteiger partial charge is 0.365 e. The molecule has 0 aliphatic carbocycles. The van der Waals surface area contributed by atoms with Gasteiger partial charge in [-0.1, -0.05) is 16.9 Å². The molecule has 0 bridgehead atoms. The molecule has 7 heteroatoms. The Morgan fingerprint density at radius 2 is 2.14 bits per heavy atom. The molecule has 1 aromatic heterocycles. The van der Waals surface area contributed by atoms with Crippen molar-refractivity contribution < 1.29 is 9.94 Å². The maximum atomic E-state index is 11.7. The van der Waals surface area contributed by atoms with Gasteiger partial charge in [-0.2, -0.15) is 0 Å². The number of anilines is 2. The Hall–Kier alpha value is -2.54. The molecule has 2 aromatic rings. The van der Waals surface area contributed by atoms with Crippen LogP contribution in [0.15, 0.2) is 39.9 Å². The molecule has 1 atom stereocenters. The fraction of sp³-hybridized carbons (Fsp3) is 0.333. The summed E-state index contributed by atoms with van der Waals surface area (Å²) in [6.07, 6.45) is 0.989. The van der Waals surface area contributed by atoms with Gasteiger partial charge in [-0.25, -0.2) is 4.79 Å². The highest BCUT2D eigenvalue weighted by Crippen LogP contribution is 2.27. The molecule has 116 valence electrons. The van der Waals surface area contributed by atoms with Crippen molar-refractivity contribution in [3.05, 3.63) is 56.7 Å². The summed E-state index contributed by atoms with van der Waals surface area (Å²) >= 11 is 0. The van der Waals surface area contributed by atoms with Crippen molar-refractivity contribution in [1.29, 1.82) is 0 Å². The van der Waals surface area contributed by atoms with E-state index in [9.17, 15) is 14.8 Å². The second kappa shape index (κ2) is 5.69. The lowest BCUT2D eigenvalue weighted by atomic mass is 9.98. The molecule has 2 N–H and O–H groups in total. The lowest BCUT2D eigenvalue weighted by Gasteiger charge is -2.13. The molecule has 1 aromatic carbocycles. The van der Waals surface area contributed by atoms with Crippen LogP contribution < -0.4 is 16.6 Å². The van der Waals surface area contributed by atoms with Gasteiger partial charge >= 0.3 is 5.69 Å². The van der Waals surface area contributed by atoms with Crippen LogP contribution in [0.3, 0.4) is 0 Å². The summed E-state index contributed by atoms with van der Waals surface area (Å²) in [4.78, 5) is 23.2. The summed E-state index contributed by atoms with van der Waals surface area (Å²) < 4.78 is 6.65. The van der Waals surface area contributed by atoms with E-state index in [1.165, 1.54) is 17.7 Å². The summed E-state index contributed by atoms with van der Waals surface area (Å²) in [7, 11) is 1.48. The van der Waals surface area contributed by atoms with Gasteiger partial charge in [0.2, 0.25) is 0 Å². The molecule has 1 aliphatic heterocycles. The van der Waals surface area contributed by atoms with Crippen molar-refractivity contribution in [3.8, 4) is 0 Å². The molecule has 1 aliphatic rings. The number of rotatable bonds is 3. The zero-order valence-electron chi connectivity index (χ0n) is 12.2. The Kier molecular flexibility index (Phi) is 3.72. The number of ether oxygens (including phenoxy) is 1. The fourth-order valence-electron chi connectivity index (χ4n) is 2.55. The van der Waals surface area contributed by atoms with E-state index in [0.29, 0.717) is 18.3 Å². The first-order valence-corrected chi connectivity index (χ1v) is 7.03. The van der Waals surface area contributed by atoms with E-state index in [0.717, 1.165) is 24.3 Å². The van der Waals surface area contributed by atoms with Gasteiger partial charge < -0.3 is 15.3 Å². The van der Waals surface area contributed by atoms with Crippen LogP contribution in [0.1, 0.15) is 17.9 Å². The first kappa shape index (κ1) is 14.4. The van der Waals surface area contributed by atoms with Crippen LogP contribution >= 0.6 is 0 Å². The Labute approximate surface area is 126 Å². The molecule has 1 saturated heterocycles. The molecule has 1 fully saturated rings. The van der Waals surface area contributed by atoms with Crippen molar-refractivity contribution in [2.45, 2.75) is 12.3 Å². The Bertz CT molecular complexity index is 803. The number of nitrogens with zero attached hydrogens (tertiary/aromatic N) is 2. The maximum absolute atomic E-state index is 11.7. The van der Waals surface area contributed by atoms with Crippen molar-refractivity contribution in [1.82, 2.24) is 9.30 Å². The average Bonchev–Trinajstić information content (AvgIpc) is 3.05. The zero-order chi connectivity index (χ0) is 15.7. The number of benzene rings is 1. The standard InChI is InChI=1S/C15H17N3O4/c1-17-13(8-14(19)18(21)15(17)20)16-12-4-2-3-10(7-12)11-5-6-22-9-11/h2-4,7-8,11,16,21H,5-6,9H2,1H3. The van der Waals surface area contributed by atoms with Gasteiger partial charge in [-0.15, -0.1) is 0 Å². The molecule has 1 unspecified atom stereocenters. The Morgan fingerprint density at radius 3 is 2.86 bits per heavy atom. The van der Waals surface area contributed by atoms with Gasteiger partial charge in [0.05, 0.1) is 6.61 Å². The monoisotopic (exact) mass is 303 g/mol. The van der Waals surface area contributed by atoms with Crippen LogP contribution in [0.25, 0.3) is 0 Å². The number of hydrogen-bond donors (Lipinski definition) is 2. The Balaban J connectivity index is 1.92. The topological polar surface area (TPSA) is 85.5 Å². The van der Waals surface area contributed by atoms with Gasteiger partial charge in [0.15, 0.2) is 0 Å². The predicted octanol–water partition coefficient (Wildman–Crippen LogP) is 1.03. The van der Waals surface area contributed by atoms with E-state index in [2.05, 4.69) is 5.32 Å². The molecule has 0 spiro atoms. The fourth-order valence-corrected chi connectivity index (χ4v) is 2.55. The summed E-state index contributed by atoms with van der Waals surface area (Å²) in [5.41, 5.74) is 0.360. The van der Waals surface area contributed by atoms with Gasteiger partial charge in [-0.3, -0.25) is 9.36 Å². The highest BCUT2D eigenvalue weighted by Gasteiger charge is 2.18. The van der Waals surface area contributed by atoms with Crippen LogP contribution in [0, 0.1) is 0 Å². The predicted molar refractivity (Wildman–Crippen MR) is 81.0 cm³/mol. The van der Waals surface area contributed by atoms with Crippen molar-refractivity contribution in [2.24, 2.45) is 7.05 Å². The van der Waals surface area contributed by atoms with Crippen molar-refractivity contribution >= 4 is 11.5 Å². The quantitative estimate of drug-likeness (QED) is 0.827. The van der Waals surface area contributed by atoms with Crippen LogP contribution in [-0.2, 0) is 11.8 Å². The van der Waals surface area contributed by atoms with Gasteiger partial charge in [0.1, 0.15) is 5.82 Å². The van der Waals surface area contributed by atoms with Crippen LogP contribution in [-0.4, -0.2) is 27.7 Å². The normalized spacial score (nSPS) is 17.6. The van der Waals surface area contributed by atoms with E-state index in [1.54, 1.807) is 0 Å². The summed E-state index contributed by atoms with van der Waals surface area (Å²) in [6.45, 7) is 1.48. The van der Waals surface area contributed by atoms with E-state index >= 15 is 0 Å². The molecule has 0 radical (unpaired) electrons. The Morgan fingerprint density at radius 1 is 1.32 bits per heavy atom. The average molecular weight is 303 g/mol. The highest BCUT2D eigenvalue weighted by atomic mass is 16.5. The SMILES string of the molecule is Cn1c(Nc2cccc(C3CCOC3)c2)cc(=O)n(O)c1=O. The highest BCUT2D eigenvalue weighted by molar-refractivity contribution is 5.57. The first-order chi connectivity index (χ1) is 10.6. The number of hydrogen-bond acceptors (Lipinski definition) is 5. The summed E-state index contributed by atoms with van der Waals surface area (Å²) in [5.74, 6) is 0.691.